The van der Waals surface area contributed by atoms with E-state index in [9.17, 15) is 9.59 Å². The van der Waals surface area contributed by atoms with Crippen molar-refractivity contribution in [2.75, 3.05) is 12.4 Å². The number of benzene rings is 2. The minimum Gasteiger partial charge on any atom is -0.459 e. The molecule has 0 spiro atoms. The maximum atomic E-state index is 12.8. The van der Waals surface area contributed by atoms with E-state index in [1.165, 1.54) is 0 Å². The molecule has 168 valence electrons. The fourth-order valence-corrected chi connectivity index (χ4v) is 3.77. The summed E-state index contributed by atoms with van der Waals surface area (Å²) in [6.45, 7) is 5.50. The van der Waals surface area contributed by atoms with Crippen LogP contribution in [0.5, 0.6) is 0 Å². The number of anilines is 1. The Hall–Kier alpha value is -3.19. The van der Waals surface area contributed by atoms with Crippen LogP contribution in [-0.2, 0) is 20.7 Å². The van der Waals surface area contributed by atoms with Gasteiger partial charge in [-0.05, 0) is 62.7 Å². The van der Waals surface area contributed by atoms with Gasteiger partial charge in [-0.3, -0.25) is 4.79 Å². The molecule has 1 atom stereocenters. The summed E-state index contributed by atoms with van der Waals surface area (Å²) in [6, 6.07) is 16.9. The van der Waals surface area contributed by atoms with Gasteiger partial charge in [0.1, 0.15) is 0 Å². The molecule has 0 bridgehead atoms. The van der Waals surface area contributed by atoms with Crippen LogP contribution in [-0.4, -0.2) is 35.0 Å². The lowest BCUT2D eigenvalue weighted by Crippen LogP contribution is -2.46. The second-order valence-corrected chi connectivity index (χ2v) is 8.44. The molecule has 0 saturated heterocycles. The van der Waals surface area contributed by atoms with E-state index in [1.807, 2.05) is 82.4 Å². The highest BCUT2D eigenvalue weighted by Gasteiger charge is 2.33. The monoisotopic (exact) mass is 451 g/mol. The molecule has 6 nitrogen and oxygen atoms in total. The topological polar surface area (TPSA) is 70.7 Å². The van der Waals surface area contributed by atoms with Crippen LogP contribution >= 0.6 is 12.2 Å². The van der Waals surface area contributed by atoms with Crippen LogP contribution in [0.3, 0.4) is 0 Å². The Morgan fingerprint density at radius 1 is 1.12 bits per heavy atom. The van der Waals surface area contributed by atoms with E-state index in [0.717, 1.165) is 16.8 Å². The summed E-state index contributed by atoms with van der Waals surface area (Å²) >= 11 is 5.43. The number of nitrogens with one attached hydrogen (secondary N) is 2. The summed E-state index contributed by atoms with van der Waals surface area (Å²) in [5.41, 5.74) is 3.97. The maximum absolute atomic E-state index is 12.8. The molecule has 1 amide bonds. The summed E-state index contributed by atoms with van der Waals surface area (Å²) in [4.78, 5) is 26.9. The van der Waals surface area contributed by atoms with Gasteiger partial charge in [-0.15, -0.1) is 0 Å². The third-order valence-corrected chi connectivity index (χ3v) is 5.72. The summed E-state index contributed by atoms with van der Waals surface area (Å²) in [6.07, 6.45) is 0.868. The van der Waals surface area contributed by atoms with Crippen LogP contribution in [0.4, 0.5) is 5.69 Å². The van der Waals surface area contributed by atoms with Crippen LogP contribution in [0.15, 0.2) is 65.9 Å². The molecule has 0 aliphatic carbocycles. The molecule has 2 aromatic carbocycles. The second kappa shape index (κ2) is 10.4. The van der Waals surface area contributed by atoms with Gasteiger partial charge in [0.05, 0.1) is 17.7 Å². The molecule has 1 aliphatic heterocycles. The van der Waals surface area contributed by atoms with Gasteiger partial charge >= 0.3 is 5.97 Å². The Morgan fingerprint density at radius 2 is 1.78 bits per heavy atom. The first-order valence-corrected chi connectivity index (χ1v) is 11.1. The molecular formula is C25H29N3O3S. The molecule has 1 unspecified atom stereocenters. The zero-order chi connectivity index (χ0) is 23.3. The number of ether oxygens (including phenoxy) is 1. The van der Waals surface area contributed by atoms with Gasteiger partial charge in [-0.25, -0.2) is 4.79 Å². The first-order chi connectivity index (χ1) is 15.3. The quantitative estimate of drug-likeness (QED) is 0.482. The highest BCUT2D eigenvalue weighted by Crippen LogP contribution is 2.31. The largest absolute Gasteiger partial charge is 0.459 e. The van der Waals surface area contributed by atoms with Gasteiger partial charge in [0.15, 0.2) is 5.11 Å². The minimum atomic E-state index is -0.423. The number of hydrogen-bond acceptors (Lipinski definition) is 4. The number of hydrogen-bond donors (Lipinski definition) is 2. The molecule has 32 heavy (non-hydrogen) atoms. The fraction of sp³-hybridized carbons (Fsp3) is 0.320. The van der Waals surface area contributed by atoms with Gasteiger partial charge in [0.2, 0.25) is 5.91 Å². The van der Waals surface area contributed by atoms with Crippen molar-refractivity contribution in [3.05, 3.63) is 77.0 Å². The van der Waals surface area contributed by atoms with Gasteiger partial charge in [-0.1, -0.05) is 42.5 Å². The number of aryl methyl sites for hydroxylation is 1. The number of carbonyl (C=O) groups is 2. The Balaban J connectivity index is 1.72. The Kier molecular flexibility index (Phi) is 7.64. The van der Waals surface area contributed by atoms with Gasteiger partial charge in [0.25, 0.3) is 0 Å². The normalized spacial score (nSPS) is 16.1. The van der Waals surface area contributed by atoms with E-state index in [4.69, 9.17) is 17.0 Å². The van der Waals surface area contributed by atoms with E-state index in [-0.39, 0.29) is 18.0 Å². The summed E-state index contributed by atoms with van der Waals surface area (Å²) in [5, 5.41) is 6.69. The van der Waals surface area contributed by atoms with Crippen molar-refractivity contribution in [1.82, 2.24) is 10.2 Å². The Bertz CT molecular complexity index is 1020. The number of rotatable bonds is 7. The minimum absolute atomic E-state index is 0.0443. The molecule has 0 radical (unpaired) electrons. The highest BCUT2D eigenvalue weighted by atomic mass is 32.1. The van der Waals surface area contributed by atoms with Crippen molar-refractivity contribution in [2.45, 2.75) is 45.8 Å². The zero-order valence-electron chi connectivity index (χ0n) is 18.8. The van der Waals surface area contributed by atoms with Crippen molar-refractivity contribution < 1.29 is 14.3 Å². The van der Waals surface area contributed by atoms with Crippen molar-refractivity contribution in [1.29, 1.82) is 0 Å². The van der Waals surface area contributed by atoms with E-state index in [0.29, 0.717) is 29.2 Å². The lowest BCUT2D eigenvalue weighted by Gasteiger charge is -2.35. The van der Waals surface area contributed by atoms with E-state index in [2.05, 4.69) is 10.6 Å². The molecule has 7 heteroatoms. The van der Waals surface area contributed by atoms with Gasteiger partial charge in [-0.2, -0.15) is 0 Å². The highest BCUT2D eigenvalue weighted by molar-refractivity contribution is 7.80. The van der Waals surface area contributed by atoms with E-state index < -0.39 is 6.04 Å². The number of carbonyl (C=O) groups excluding carboxylic acids is 2. The lowest BCUT2D eigenvalue weighted by atomic mass is 9.95. The SMILES string of the molecule is CC1=C(C(=O)OC(C)C)C(c2ccc(NC(=O)CCc3ccccc3)cc2)NC(=S)N1C. The maximum Gasteiger partial charge on any atom is 0.338 e. The molecular weight excluding hydrogens is 422 g/mol. The van der Waals surface area contributed by atoms with Crippen molar-refractivity contribution in [3.63, 3.8) is 0 Å². The van der Waals surface area contributed by atoms with E-state index in [1.54, 1.807) is 4.90 Å². The van der Waals surface area contributed by atoms with Crippen molar-refractivity contribution in [3.8, 4) is 0 Å². The smallest absolute Gasteiger partial charge is 0.338 e. The molecule has 3 rings (SSSR count). The predicted molar refractivity (Wildman–Crippen MR) is 130 cm³/mol. The average molecular weight is 452 g/mol. The number of nitrogens with zero attached hydrogens (tertiary/aromatic N) is 1. The third kappa shape index (κ3) is 5.73. The van der Waals surface area contributed by atoms with Crippen LogP contribution in [0.2, 0.25) is 0 Å². The first kappa shape index (κ1) is 23.5. The summed E-state index contributed by atoms with van der Waals surface area (Å²) in [7, 11) is 1.82. The van der Waals surface area contributed by atoms with Crippen molar-refractivity contribution in [2.24, 2.45) is 0 Å². The van der Waals surface area contributed by atoms with Crippen LogP contribution in [0, 0.1) is 0 Å². The molecule has 1 aliphatic rings. The van der Waals surface area contributed by atoms with E-state index >= 15 is 0 Å². The number of allylic oxidation sites excluding steroid dienone is 1. The molecule has 0 saturated carbocycles. The van der Waals surface area contributed by atoms with Gasteiger partial charge < -0.3 is 20.3 Å². The standard InChI is InChI=1S/C25H29N3O3S/c1-16(2)31-24(30)22-17(3)28(4)25(32)27-23(22)19-11-13-20(14-12-19)26-21(29)15-10-18-8-6-5-7-9-18/h5-9,11-14,16,23H,10,15H2,1-4H3,(H,26,29)(H,27,32). The lowest BCUT2D eigenvalue weighted by molar-refractivity contribution is -0.143. The Labute approximate surface area is 194 Å². The second-order valence-electron chi connectivity index (χ2n) is 8.05. The number of esters is 1. The molecule has 1 heterocycles. The number of thiocarbonyl (C=S) groups is 1. The van der Waals surface area contributed by atoms with Crippen LogP contribution in [0.25, 0.3) is 0 Å². The fourth-order valence-electron chi connectivity index (χ4n) is 3.51. The Morgan fingerprint density at radius 3 is 2.41 bits per heavy atom. The van der Waals surface area contributed by atoms with Crippen LogP contribution in [0.1, 0.15) is 44.4 Å². The van der Waals surface area contributed by atoms with Crippen LogP contribution < -0.4 is 10.6 Å². The summed E-state index contributed by atoms with van der Waals surface area (Å²) in [5.74, 6) is -0.417. The first-order valence-electron chi connectivity index (χ1n) is 10.7. The molecule has 2 aromatic rings. The zero-order valence-corrected chi connectivity index (χ0v) is 19.7. The molecule has 0 fully saturated rings. The average Bonchev–Trinajstić information content (AvgIpc) is 2.76. The predicted octanol–water partition coefficient (Wildman–Crippen LogP) is 4.34. The van der Waals surface area contributed by atoms with Crippen molar-refractivity contribution >= 4 is 34.9 Å². The molecule has 2 N–H and O–H groups in total. The summed E-state index contributed by atoms with van der Waals surface area (Å²) < 4.78 is 5.47. The third-order valence-electron chi connectivity index (χ3n) is 5.33. The van der Waals surface area contributed by atoms with Gasteiger partial charge in [0, 0.05) is 24.9 Å². The number of amides is 1. The molecule has 0 aromatic heterocycles.